The molecule has 1 amide bonds. The summed E-state index contributed by atoms with van der Waals surface area (Å²) in [6, 6.07) is 5.81. The molecule has 3 rings (SSSR count). The number of nitrogens with zero attached hydrogens (tertiary/aromatic N) is 3. The van der Waals surface area contributed by atoms with Crippen molar-refractivity contribution in [3.8, 4) is 0 Å². The molecule has 0 bridgehead atoms. The predicted octanol–water partition coefficient (Wildman–Crippen LogP) is 3.14. The molecule has 0 fully saturated rings. The van der Waals surface area contributed by atoms with Gasteiger partial charge in [0, 0.05) is 11.5 Å². The Hall–Kier alpha value is -2.33. The maximum absolute atomic E-state index is 12.9. The van der Waals surface area contributed by atoms with E-state index in [0.29, 0.717) is 16.6 Å². The highest BCUT2D eigenvalue weighted by Gasteiger charge is 2.32. The Morgan fingerprint density at radius 3 is 2.55 bits per heavy atom. The zero-order valence-electron chi connectivity index (χ0n) is 16.8. The molecule has 2 N–H and O–H groups in total. The minimum atomic E-state index is -3.66. The van der Waals surface area contributed by atoms with Crippen LogP contribution in [0.2, 0.25) is 0 Å². The van der Waals surface area contributed by atoms with Crippen LogP contribution in [0.1, 0.15) is 57.0 Å². The van der Waals surface area contributed by atoms with Gasteiger partial charge in [-0.2, -0.15) is 0 Å². The fourth-order valence-electron chi connectivity index (χ4n) is 3.15. The summed E-state index contributed by atoms with van der Waals surface area (Å²) in [5.74, 6) is 0.0163. The van der Waals surface area contributed by atoms with Crippen molar-refractivity contribution in [3.05, 3.63) is 34.8 Å². The average Bonchev–Trinajstić information content (AvgIpc) is 3.23. The van der Waals surface area contributed by atoms with E-state index in [1.54, 1.807) is 18.2 Å². The van der Waals surface area contributed by atoms with Crippen LogP contribution in [0.4, 0.5) is 5.13 Å². The standard InChI is InChI=1S/C19H25N5O3S2/c1-5-12(6-2)18-22-23-19(28-18)21-17(25)15(11(3)4)20-16-13-9-7-8-10-14(13)29(26,27)24-16/h7-12,15H,5-6H2,1-4H3,(H,20,24)(H,21,23,25)/t15-/m0/s1. The summed E-state index contributed by atoms with van der Waals surface area (Å²) < 4.78 is 27.0. The van der Waals surface area contributed by atoms with E-state index in [-0.39, 0.29) is 22.6 Å². The van der Waals surface area contributed by atoms with Gasteiger partial charge >= 0.3 is 0 Å². The van der Waals surface area contributed by atoms with Gasteiger partial charge in [-0.3, -0.25) is 19.8 Å². The summed E-state index contributed by atoms with van der Waals surface area (Å²) in [6.45, 7) is 7.91. The van der Waals surface area contributed by atoms with Crippen LogP contribution < -0.4 is 10.0 Å². The number of fused-ring (bicyclic) bond motifs is 1. The van der Waals surface area contributed by atoms with Crippen LogP contribution in [0.25, 0.3) is 0 Å². The monoisotopic (exact) mass is 435 g/mol. The summed E-state index contributed by atoms with van der Waals surface area (Å²) in [5.41, 5.74) is 0.470. The van der Waals surface area contributed by atoms with Gasteiger partial charge in [-0.15, -0.1) is 10.2 Å². The normalized spacial score (nSPS) is 17.4. The van der Waals surface area contributed by atoms with Gasteiger partial charge in [0.15, 0.2) is 0 Å². The van der Waals surface area contributed by atoms with Gasteiger partial charge in [0.1, 0.15) is 16.9 Å². The molecule has 0 saturated carbocycles. The predicted molar refractivity (Wildman–Crippen MR) is 114 cm³/mol. The number of anilines is 1. The molecular weight excluding hydrogens is 410 g/mol. The number of hydrogen-bond acceptors (Lipinski definition) is 7. The number of carbonyl (C=O) groups excluding carboxylic acids is 1. The molecule has 1 aromatic carbocycles. The lowest BCUT2D eigenvalue weighted by molar-refractivity contribution is -0.118. The van der Waals surface area contributed by atoms with Crippen molar-refractivity contribution >= 4 is 38.2 Å². The van der Waals surface area contributed by atoms with Gasteiger partial charge in [-0.25, -0.2) is 8.42 Å². The van der Waals surface area contributed by atoms with Gasteiger partial charge in [0.25, 0.3) is 15.9 Å². The quantitative estimate of drug-likeness (QED) is 0.694. The molecule has 156 valence electrons. The van der Waals surface area contributed by atoms with Gasteiger partial charge in [-0.1, -0.05) is 51.2 Å². The Labute approximate surface area is 174 Å². The third-order valence-corrected chi connectivity index (χ3v) is 7.23. The maximum atomic E-state index is 12.9. The summed E-state index contributed by atoms with van der Waals surface area (Å²) in [4.78, 5) is 17.5. The molecule has 1 aliphatic rings. The molecule has 0 saturated heterocycles. The minimum Gasteiger partial charge on any atom is -0.299 e. The Morgan fingerprint density at radius 2 is 1.90 bits per heavy atom. The third-order valence-electron chi connectivity index (χ3n) is 4.84. The van der Waals surface area contributed by atoms with Crippen LogP contribution in [0.15, 0.2) is 34.2 Å². The lowest BCUT2D eigenvalue weighted by Crippen LogP contribution is -2.34. The van der Waals surface area contributed by atoms with Crippen molar-refractivity contribution in [2.75, 3.05) is 5.32 Å². The molecule has 0 unspecified atom stereocenters. The van der Waals surface area contributed by atoms with Crippen molar-refractivity contribution in [2.45, 2.75) is 57.4 Å². The number of benzene rings is 1. The average molecular weight is 436 g/mol. The summed E-state index contributed by atoms with van der Waals surface area (Å²) >= 11 is 1.36. The first kappa shape index (κ1) is 21.4. The molecule has 1 aromatic heterocycles. The Balaban J connectivity index is 1.84. The first-order chi connectivity index (χ1) is 13.8. The molecule has 2 heterocycles. The Kier molecular flexibility index (Phi) is 6.33. The molecule has 0 spiro atoms. The Morgan fingerprint density at radius 1 is 1.21 bits per heavy atom. The Bertz CT molecular complexity index is 1030. The summed E-state index contributed by atoms with van der Waals surface area (Å²) in [5, 5.41) is 12.4. The molecule has 0 aliphatic carbocycles. The van der Waals surface area contributed by atoms with Crippen LogP contribution in [-0.2, 0) is 14.8 Å². The molecule has 2 aromatic rings. The second kappa shape index (κ2) is 8.58. The van der Waals surface area contributed by atoms with Gasteiger partial charge in [0.2, 0.25) is 5.13 Å². The highest BCUT2D eigenvalue weighted by molar-refractivity contribution is 7.90. The van der Waals surface area contributed by atoms with Crippen molar-refractivity contribution in [3.63, 3.8) is 0 Å². The lowest BCUT2D eigenvalue weighted by atomic mass is 10.0. The van der Waals surface area contributed by atoms with Crippen LogP contribution in [0.3, 0.4) is 0 Å². The van der Waals surface area contributed by atoms with Crippen LogP contribution in [-0.4, -0.2) is 36.4 Å². The molecular formula is C19H25N5O3S2. The second-order valence-corrected chi connectivity index (χ2v) is 9.88. The van der Waals surface area contributed by atoms with E-state index in [2.05, 4.69) is 39.1 Å². The molecule has 10 heteroatoms. The second-order valence-electron chi connectivity index (χ2n) is 7.22. The zero-order valence-corrected chi connectivity index (χ0v) is 18.5. The first-order valence-corrected chi connectivity index (χ1v) is 11.9. The fourth-order valence-corrected chi connectivity index (χ4v) is 5.40. The minimum absolute atomic E-state index is 0.147. The van der Waals surface area contributed by atoms with Crippen molar-refractivity contribution < 1.29 is 13.2 Å². The van der Waals surface area contributed by atoms with E-state index < -0.39 is 16.1 Å². The number of amides is 1. The number of carbonyl (C=O) groups is 1. The van der Waals surface area contributed by atoms with Crippen molar-refractivity contribution in [1.29, 1.82) is 0 Å². The van der Waals surface area contributed by atoms with E-state index >= 15 is 0 Å². The SMILES string of the molecule is CCC(CC)c1nnc(NC(=O)[C@@H](N=C2NS(=O)(=O)c3ccccc32)C(C)C)s1. The van der Waals surface area contributed by atoms with Crippen LogP contribution in [0.5, 0.6) is 0 Å². The number of aliphatic imine (C=N–C) groups is 1. The number of rotatable bonds is 7. The molecule has 1 atom stereocenters. The largest absolute Gasteiger partial charge is 0.299 e. The van der Waals surface area contributed by atoms with E-state index in [4.69, 9.17) is 0 Å². The van der Waals surface area contributed by atoms with Crippen molar-refractivity contribution in [1.82, 2.24) is 14.9 Å². The molecule has 0 radical (unpaired) electrons. The van der Waals surface area contributed by atoms with E-state index in [1.165, 1.54) is 17.4 Å². The van der Waals surface area contributed by atoms with Gasteiger partial charge in [0.05, 0.1) is 4.90 Å². The highest BCUT2D eigenvalue weighted by atomic mass is 32.2. The first-order valence-electron chi connectivity index (χ1n) is 9.61. The van der Waals surface area contributed by atoms with Crippen molar-refractivity contribution in [2.24, 2.45) is 10.9 Å². The third kappa shape index (κ3) is 4.48. The molecule has 1 aliphatic heterocycles. The lowest BCUT2D eigenvalue weighted by Gasteiger charge is -2.16. The van der Waals surface area contributed by atoms with Crippen LogP contribution in [0, 0.1) is 5.92 Å². The fraction of sp³-hybridized carbons (Fsp3) is 0.474. The topological polar surface area (TPSA) is 113 Å². The number of hydrogen-bond donors (Lipinski definition) is 2. The van der Waals surface area contributed by atoms with Crippen LogP contribution >= 0.6 is 11.3 Å². The number of nitrogens with one attached hydrogen (secondary N) is 2. The zero-order chi connectivity index (χ0) is 21.2. The number of aromatic nitrogens is 2. The maximum Gasteiger partial charge on any atom is 0.263 e. The summed E-state index contributed by atoms with van der Waals surface area (Å²) in [7, 11) is -3.66. The smallest absolute Gasteiger partial charge is 0.263 e. The summed E-state index contributed by atoms with van der Waals surface area (Å²) in [6.07, 6.45) is 1.92. The van der Waals surface area contributed by atoms with E-state index in [0.717, 1.165) is 17.8 Å². The molecule has 29 heavy (non-hydrogen) atoms. The van der Waals surface area contributed by atoms with Gasteiger partial charge in [-0.05, 0) is 30.9 Å². The van der Waals surface area contributed by atoms with E-state index in [1.807, 2.05) is 13.8 Å². The van der Waals surface area contributed by atoms with E-state index in [9.17, 15) is 13.2 Å². The van der Waals surface area contributed by atoms with Gasteiger partial charge < -0.3 is 0 Å². The number of amidine groups is 1. The number of sulfonamides is 1. The highest BCUT2D eigenvalue weighted by Crippen LogP contribution is 2.28. The molecule has 8 nitrogen and oxygen atoms in total.